The molecular formula is C17H26O. The molecule has 18 heavy (non-hydrogen) atoms. The minimum Gasteiger partial charge on any atom is -0.295 e. The fourth-order valence-corrected chi connectivity index (χ4v) is 2.46. The SMILES string of the molecule is CC(=O)C1=C(C)CCCC(C)=CCC=C(C)CC1. The summed E-state index contributed by atoms with van der Waals surface area (Å²) in [5, 5.41) is 0. The topological polar surface area (TPSA) is 17.1 Å². The Bertz CT molecular complexity index is 394. The molecule has 0 atom stereocenters. The monoisotopic (exact) mass is 246 g/mol. The zero-order valence-electron chi connectivity index (χ0n) is 12.3. The molecule has 1 aliphatic carbocycles. The first-order valence-corrected chi connectivity index (χ1v) is 7.01. The summed E-state index contributed by atoms with van der Waals surface area (Å²) < 4.78 is 0. The van der Waals surface area contributed by atoms with E-state index in [0.717, 1.165) is 44.1 Å². The Kier molecular flexibility index (Phi) is 6.11. The summed E-state index contributed by atoms with van der Waals surface area (Å²) in [5.41, 5.74) is 5.22. The van der Waals surface area contributed by atoms with E-state index in [4.69, 9.17) is 0 Å². The van der Waals surface area contributed by atoms with Crippen molar-refractivity contribution < 1.29 is 4.79 Å². The fraction of sp³-hybridized carbons (Fsp3) is 0.588. The van der Waals surface area contributed by atoms with Gasteiger partial charge in [0.25, 0.3) is 0 Å². The summed E-state index contributed by atoms with van der Waals surface area (Å²) in [6.45, 7) is 8.21. The molecule has 0 amide bonds. The summed E-state index contributed by atoms with van der Waals surface area (Å²) in [6.07, 6.45) is 10.9. The van der Waals surface area contributed by atoms with Crippen molar-refractivity contribution in [2.75, 3.05) is 0 Å². The van der Waals surface area contributed by atoms with E-state index in [1.807, 2.05) is 0 Å². The minimum absolute atomic E-state index is 0.254. The lowest BCUT2D eigenvalue weighted by Crippen LogP contribution is -2.01. The van der Waals surface area contributed by atoms with Gasteiger partial charge in [0.05, 0.1) is 0 Å². The van der Waals surface area contributed by atoms with Gasteiger partial charge in [0.2, 0.25) is 0 Å². The molecule has 0 N–H and O–H groups in total. The third kappa shape index (κ3) is 5.03. The maximum Gasteiger partial charge on any atom is 0.155 e. The smallest absolute Gasteiger partial charge is 0.155 e. The number of hydrogen-bond acceptors (Lipinski definition) is 1. The number of allylic oxidation sites excluding steroid dienone is 6. The lowest BCUT2D eigenvalue weighted by atomic mass is 9.94. The standard InChI is InChI=1S/C17H26O/c1-13-7-5-8-14(2)11-12-17(16(4)18)15(3)10-6-9-13/h7-8H,5-6,9-12H2,1-4H3. The molecule has 0 aromatic rings. The van der Waals surface area contributed by atoms with E-state index in [0.29, 0.717) is 0 Å². The van der Waals surface area contributed by atoms with Crippen LogP contribution in [0.25, 0.3) is 0 Å². The third-order valence-electron chi connectivity index (χ3n) is 3.76. The third-order valence-corrected chi connectivity index (χ3v) is 3.76. The van der Waals surface area contributed by atoms with Gasteiger partial charge < -0.3 is 0 Å². The first-order valence-electron chi connectivity index (χ1n) is 7.01. The normalized spacial score (nSPS) is 19.6. The highest BCUT2D eigenvalue weighted by Crippen LogP contribution is 2.22. The lowest BCUT2D eigenvalue weighted by Gasteiger charge is -2.11. The highest BCUT2D eigenvalue weighted by atomic mass is 16.1. The van der Waals surface area contributed by atoms with Gasteiger partial charge in [-0.05, 0) is 71.8 Å². The Morgan fingerprint density at radius 1 is 0.944 bits per heavy atom. The molecule has 100 valence electrons. The van der Waals surface area contributed by atoms with E-state index in [2.05, 4.69) is 32.9 Å². The van der Waals surface area contributed by atoms with E-state index < -0.39 is 0 Å². The Morgan fingerprint density at radius 2 is 1.56 bits per heavy atom. The number of ketones is 1. The van der Waals surface area contributed by atoms with Crippen LogP contribution in [0.1, 0.15) is 66.2 Å². The molecule has 0 spiro atoms. The quantitative estimate of drug-likeness (QED) is 0.585. The van der Waals surface area contributed by atoms with Crippen LogP contribution in [0, 0.1) is 0 Å². The summed E-state index contributed by atoms with van der Waals surface area (Å²) in [4.78, 5) is 11.7. The van der Waals surface area contributed by atoms with Crippen LogP contribution in [0.5, 0.6) is 0 Å². The molecule has 0 unspecified atom stereocenters. The molecular weight excluding hydrogens is 220 g/mol. The molecule has 0 fully saturated rings. The Balaban J connectivity index is 2.89. The van der Waals surface area contributed by atoms with Crippen LogP contribution in [0.2, 0.25) is 0 Å². The fourth-order valence-electron chi connectivity index (χ4n) is 2.46. The van der Waals surface area contributed by atoms with Gasteiger partial charge in [0, 0.05) is 0 Å². The highest BCUT2D eigenvalue weighted by molar-refractivity contribution is 5.93. The molecule has 1 nitrogen and oxygen atoms in total. The van der Waals surface area contributed by atoms with E-state index in [9.17, 15) is 4.79 Å². The molecule has 1 aliphatic rings. The molecule has 1 rings (SSSR count). The summed E-state index contributed by atoms with van der Waals surface area (Å²) in [6, 6.07) is 0. The largest absolute Gasteiger partial charge is 0.295 e. The highest BCUT2D eigenvalue weighted by Gasteiger charge is 2.09. The molecule has 0 radical (unpaired) electrons. The number of rotatable bonds is 1. The van der Waals surface area contributed by atoms with Gasteiger partial charge in [-0.15, -0.1) is 0 Å². The molecule has 0 aromatic carbocycles. The Hall–Kier alpha value is -1.11. The molecule has 0 bridgehead atoms. The summed E-state index contributed by atoms with van der Waals surface area (Å²) in [5.74, 6) is 0.254. The predicted octanol–water partition coefficient (Wildman–Crippen LogP) is 5.14. The van der Waals surface area contributed by atoms with Crippen molar-refractivity contribution in [3.63, 3.8) is 0 Å². The lowest BCUT2D eigenvalue weighted by molar-refractivity contribution is -0.113. The number of carbonyl (C=O) groups is 1. The maximum atomic E-state index is 11.7. The molecule has 0 saturated heterocycles. The van der Waals surface area contributed by atoms with Crippen LogP contribution in [-0.4, -0.2) is 5.78 Å². The van der Waals surface area contributed by atoms with Crippen molar-refractivity contribution in [3.8, 4) is 0 Å². The Labute approximate surface area is 112 Å². The molecule has 0 aliphatic heterocycles. The van der Waals surface area contributed by atoms with Crippen LogP contribution >= 0.6 is 0 Å². The van der Waals surface area contributed by atoms with Gasteiger partial charge in [0.1, 0.15) is 0 Å². The summed E-state index contributed by atoms with van der Waals surface area (Å²) >= 11 is 0. The predicted molar refractivity (Wildman–Crippen MR) is 78.6 cm³/mol. The van der Waals surface area contributed by atoms with Crippen LogP contribution in [0.4, 0.5) is 0 Å². The molecule has 1 heteroatoms. The van der Waals surface area contributed by atoms with Crippen molar-refractivity contribution >= 4 is 5.78 Å². The minimum atomic E-state index is 0.254. The molecule has 0 heterocycles. The van der Waals surface area contributed by atoms with E-state index in [-0.39, 0.29) is 5.78 Å². The van der Waals surface area contributed by atoms with Crippen LogP contribution in [0.15, 0.2) is 34.4 Å². The average molecular weight is 246 g/mol. The van der Waals surface area contributed by atoms with Gasteiger partial charge >= 0.3 is 0 Å². The van der Waals surface area contributed by atoms with Crippen molar-refractivity contribution in [2.24, 2.45) is 0 Å². The van der Waals surface area contributed by atoms with E-state index in [1.54, 1.807) is 6.92 Å². The van der Waals surface area contributed by atoms with Gasteiger partial charge in [0.15, 0.2) is 5.78 Å². The second-order valence-corrected chi connectivity index (χ2v) is 5.51. The molecule has 0 aromatic heterocycles. The van der Waals surface area contributed by atoms with Crippen LogP contribution in [0.3, 0.4) is 0 Å². The first-order chi connectivity index (χ1) is 8.50. The molecule has 0 saturated carbocycles. The zero-order chi connectivity index (χ0) is 13.5. The van der Waals surface area contributed by atoms with E-state index in [1.165, 1.54) is 16.7 Å². The second-order valence-electron chi connectivity index (χ2n) is 5.51. The van der Waals surface area contributed by atoms with Gasteiger partial charge in [-0.3, -0.25) is 4.79 Å². The van der Waals surface area contributed by atoms with Crippen molar-refractivity contribution in [1.29, 1.82) is 0 Å². The van der Waals surface area contributed by atoms with Gasteiger partial charge in [-0.1, -0.05) is 28.9 Å². The second kappa shape index (κ2) is 7.35. The Morgan fingerprint density at radius 3 is 2.17 bits per heavy atom. The van der Waals surface area contributed by atoms with Crippen LogP contribution < -0.4 is 0 Å². The maximum absolute atomic E-state index is 11.7. The summed E-state index contributed by atoms with van der Waals surface area (Å²) in [7, 11) is 0. The van der Waals surface area contributed by atoms with Gasteiger partial charge in [-0.2, -0.15) is 0 Å². The number of carbonyl (C=O) groups excluding carboxylic acids is 1. The zero-order valence-corrected chi connectivity index (χ0v) is 12.3. The number of hydrogen-bond donors (Lipinski definition) is 0. The van der Waals surface area contributed by atoms with Crippen LogP contribution in [-0.2, 0) is 4.79 Å². The van der Waals surface area contributed by atoms with Crippen molar-refractivity contribution in [3.05, 3.63) is 34.4 Å². The first kappa shape index (κ1) is 14.9. The van der Waals surface area contributed by atoms with E-state index >= 15 is 0 Å². The average Bonchev–Trinajstić information content (AvgIpc) is 2.27. The van der Waals surface area contributed by atoms with Crippen molar-refractivity contribution in [2.45, 2.75) is 66.2 Å². The van der Waals surface area contributed by atoms with Crippen molar-refractivity contribution in [1.82, 2.24) is 0 Å². The number of Topliss-reactive ketones (excluding diaryl/α,β-unsaturated/α-hetero) is 1. The van der Waals surface area contributed by atoms with Gasteiger partial charge in [-0.25, -0.2) is 0 Å².